The third kappa shape index (κ3) is 3.07. The molecule has 2 aromatic rings. The highest BCUT2D eigenvalue weighted by Crippen LogP contribution is 2.22. The maximum atomic E-state index is 10.6. The SMILES string of the molecule is COc1ccccc1Cc1nc(CC(=O)O)cs1. The molecule has 0 amide bonds. The number of carbonyl (C=O) groups is 1. The summed E-state index contributed by atoms with van der Waals surface area (Å²) in [7, 11) is 1.64. The van der Waals surface area contributed by atoms with Gasteiger partial charge in [0.25, 0.3) is 0 Å². The lowest BCUT2D eigenvalue weighted by Crippen LogP contribution is -2.00. The lowest BCUT2D eigenvalue weighted by atomic mass is 10.1. The second-order valence-corrected chi connectivity index (χ2v) is 4.73. The Morgan fingerprint density at radius 3 is 2.94 bits per heavy atom. The first-order valence-electron chi connectivity index (χ1n) is 5.46. The number of aromatic nitrogens is 1. The van der Waals surface area contributed by atoms with E-state index in [2.05, 4.69) is 4.98 Å². The summed E-state index contributed by atoms with van der Waals surface area (Å²) in [4.78, 5) is 14.9. The van der Waals surface area contributed by atoms with Crippen molar-refractivity contribution < 1.29 is 14.6 Å². The number of carboxylic acid groups (broad SMARTS) is 1. The van der Waals surface area contributed by atoms with E-state index in [-0.39, 0.29) is 6.42 Å². The summed E-state index contributed by atoms with van der Waals surface area (Å²) in [6.07, 6.45) is 0.636. The van der Waals surface area contributed by atoms with Crippen molar-refractivity contribution in [3.05, 3.63) is 45.9 Å². The Balaban J connectivity index is 2.13. The largest absolute Gasteiger partial charge is 0.496 e. The minimum atomic E-state index is -0.857. The third-order valence-corrected chi connectivity index (χ3v) is 3.36. The number of para-hydroxylation sites is 1. The van der Waals surface area contributed by atoms with Crippen LogP contribution in [-0.4, -0.2) is 23.2 Å². The van der Waals surface area contributed by atoms with Gasteiger partial charge < -0.3 is 9.84 Å². The van der Waals surface area contributed by atoms with Crippen LogP contribution in [0.4, 0.5) is 0 Å². The highest BCUT2D eigenvalue weighted by Gasteiger charge is 2.09. The van der Waals surface area contributed by atoms with Crippen molar-refractivity contribution in [1.82, 2.24) is 4.98 Å². The van der Waals surface area contributed by atoms with Gasteiger partial charge in [-0.15, -0.1) is 11.3 Å². The summed E-state index contributed by atoms with van der Waals surface area (Å²) in [5, 5.41) is 11.4. The van der Waals surface area contributed by atoms with Gasteiger partial charge in [0.05, 0.1) is 24.2 Å². The van der Waals surface area contributed by atoms with Gasteiger partial charge in [0.2, 0.25) is 0 Å². The van der Waals surface area contributed by atoms with Crippen LogP contribution in [0.5, 0.6) is 5.75 Å². The number of ether oxygens (including phenoxy) is 1. The minimum Gasteiger partial charge on any atom is -0.496 e. The molecule has 1 N–H and O–H groups in total. The second-order valence-electron chi connectivity index (χ2n) is 3.79. The van der Waals surface area contributed by atoms with Crippen molar-refractivity contribution in [2.24, 2.45) is 0 Å². The van der Waals surface area contributed by atoms with Gasteiger partial charge in [0.1, 0.15) is 5.75 Å². The van der Waals surface area contributed by atoms with Crippen LogP contribution >= 0.6 is 11.3 Å². The number of hydrogen-bond acceptors (Lipinski definition) is 4. The van der Waals surface area contributed by atoms with Crippen molar-refractivity contribution in [3.8, 4) is 5.75 Å². The van der Waals surface area contributed by atoms with E-state index in [1.54, 1.807) is 12.5 Å². The fraction of sp³-hybridized carbons (Fsp3) is 0.231. The van der Waals surface area contributed by atoms with Gasteiger partial charge in [-0.05, 0) is 6.07 Å². The van der Waals surface area contributed by atoms with E-state index in [1.165, 1.54) is 11.3 Å². The molecule has 1 heterocycles. The lowest BCUT2D eigenvalue weighted by molar-refractivity contribution is -0.136. The van der Waals surface area contributed by atoms with Crippen LogP contribution in [0.3, 0.4) is 0 Å². The maximum Gasteiger partial charge on any atom is 0.309 e. The lowest BCUT2D eigenvalue weighted by Gasteiger charge is -2.05. The number of rotatable bonds is 5. The molecule has 1 aromatic carbocycles. The van der Waals surface area contributed by atoms with Crippen molar-refractivity contribution in [3.63, 3.8) is 0 Å². The quantitative estimate of drug-likeness (QED) is 0.899. The zero-order chi connectivity index (χ0) is 13.0. The Morgan fingerprint density at radius 1 is 1.44 bits per heavy atom. The summed E-state index contributed by atoms with van der Waals surface area (Å²) >= 11 is 1.48. The van der Waals surface area contributed by atoms with Gasteiger partial charge in [-0.3, -0.25) is 4.79 Å². The monoisotopic (exact) mass is 263 g/mol. The highest BCUT2D eigenvalue weighted by molar-refractivity contribution is 7.09. The first-order valence-corrected chi connectivity index (χ1v) is 6.34. The predicted octanol–water partition coefficient (Wildman–Crippen LogP) is 2.37. The molecule has 94 valence electrons. The van der Waals surface area contributed by atoms with Gasteiger partial charge in [-0.1, -0.05) is 18.2 Å². The van der Waals surface area contributed by atoms with E-state index >= 15 is 0 Å². The van der Waals surface area contributed by atoms with Crippen LogP contribution in [0, 0.1) is 0 Å². The fourth-order valence-electron chi connectivity index (χ4n) is 1.68. The van der Waals surface area contributed by atoms with Crippen LogP contribution in [0.2, 0.25) is 0 Å². The number of hydrogen-bond donors (Lipinski definition) is 1. The molecule has 0 fully saturated rings. The van der Waals surface area contributed by atoms with Gasteiger partial charge in [-0.2, -0.15) is 0 Å². The summed E-state index contributed by atoms with van der Waals surface area (Å²) in [5.41, 5.74) is 1.66. The summed E-state index contributed by atoms with van der Waals surface area (Å²) in [6, 6.07) is 7.75. The molecule has 2 rings (SSSR count). The molecule has 0 aliphatic rings. The van der Waals surface area contributed by atoms with Crippen LogP contribution in [0.25, 0.3) is 0 Å². The first kappa shape index (κ1) is 12.6. The number of carboxylic acids is 1. The molecule has 0 saturated carbocycles. The molecular weight excluding hydrogens is 250 g/mol. The van der Waals surface area contributed by atoms with Crippen molar-refractivity contribution in [2.45, 2.75) is 12.8 Å². The molecule has 18 heavy (non-hydrogen) atoms. The molecular formula is C13H13NO3S. The number of methoxy groups -OCH3 is 1. The zero-order valence-electron chi connectivity index (χ0n) is 9.92. The van der Waals surface area contributed by atoms with E-state index in [0.717, 1.165) is 16.3 Å². The fourth-order valence-corrected chi connectivity index (χ4v) is 2.50. The van der Waals surface area contributed by atoms with E-state index in [4.69, 9.17) is 9.84 Å². The Hall–Kier alpha value is -1.88. The Bertz CT molecular complexity index is 551. The average Bonchev–Trinajstić information content (AvgIpc) is 2.76. The van der Waals surface area contributed by atoms with Gasteiger partial charge in [-0.25, -0.2) is 4.98 Å². The van der Waals surface area contributed by atoms with Crippen LogP contribution in [-0.2, 0) is 17.6 Å². The number of benzene rings is 1. The first-order chi connectivity index (χ1) is 8.69. The standard InChI is InChI=1S/C13H13NO3S/c1-17-11-5-3-2-4-9(11)6-12-14-10(8-18-12)7-13(15)16/h2-5,8H,6-7H2,1H3,(H,15,16). The van der Waals surface area contributed by atoms with Crippen molar-refractivity contribution in [1.29, 1.82) is 0 Å². The average molecular weight is 263 g/mol. The van der Waals surface area contributed by atoms with Gasteiger partial charge >= 0.3 is 5.97 Å². The summed E-state index contributed by atoms with van der Waals surface area (Å²) in [5.74, 6) is -0.0309. The molecule has 0 saturated heterocycles. The van der Waals surface area contributed by atoms with Crippen LogP contribution < -0.4 is 4.74 Å². The van der Waals surface area contributed by atoms with Crippen LogP contribution in [0.15, 0.2) is 29.6 Å². The van der Waals surface area contributed by atoms with Crippen molar-refractivity contribution in [2.75, 3.05) is 7.11 Å². The van der Waals surface area contributed by atoms with E-state index in [1.807, 2.05) is 24.3 Å². The maximum absolute atomic E-state index is 10.6. The van der Waals surface area contributed by atoms with E-state index in [9.17, 15) is 4.79 Å². The molecule has 0 atom stereocenters. The Labute approximate surface area is 109 Å². The normalized spacial score (nSPS) is 10.3. The predicted molar refractivity (Wildman–Crippen MR) is 69.3 cm³/mol. The van der Waals surface area contributed by atoms with Crippen LogP contribution in [0.1, 0.15) is 16.3 Å². The molecule has 1 aromatic heterocycles. The minimum absolute atomic E-state index is 0.0254. The topological polar surface area (TPSA) is 59.4 Å². The highest BCUT2D eigenvalue weighted by atomic mass is 32.1. The second kappa shape index (κ2) is 5.64. The van der Waals surface area contributed by atoms with E-state index < -0.39 is 5.97 Å². The molecule has 0 aliphatic carbocycles. The van der Waals surface area contributed by atoms with E-state index in [0.29, 0.717) is 12.1 Å². The molecule has 0 unspecified atom stereocenters. The molecule has 0 spiro atoms. The van der Waals surface area contributed by atoms with Gasteiger partial charge in [0, 0.05) is 17.4 Å². The number of aliphatic carboxylic acids is 1. The van der Waals surface area contributed by atoms with Gasteiger partial charge in [0.15, 0.2) is 0 Å². The number of thiazole rings is 1. The Morgan fingerprint density at radius 2 is 2.22 bits per heavy atom. The molecule has 0 radical (unpaired) electrons. The Kier molecular flexibility index (Phi) is 3.94. The summed E-state index contributed by atoms with van der Waals surface area (Å²) < 4.78 is 5.27. The molecule has 4 nitrogen and oxygen atoms in total. The number of nitrogens with zero attached hydrogens (tertiary/aromatic N) is 1. The third-order valence-electron chi connectivity index (χ3n) is 2.47. The zero-order valence-corrected chi connectivity index (χ0v) is 10.7. The summed E-state index contributed by atoms with van der Waals surface area (Å²) in [6.45, 7) is 0. The van der Waals surface area contributed by atoms with Crippen molar-refractivity contribution >= 4 is 17.3 Å². The smallest absolute Gasteiger partial charge is 0.309 e. The molecule has 0 bridgehead atoms. The molecule has 5 heteroatoms. The molecule has 0 aliphatic heterocycles.